The van der Waals surface area contributed by atoms with Gasteiger partial charge in [0.2, 0.25) is 15.9 Å². The molecule has 8 heteroatoms. The van der Waals surface area contributed by atoms with Crippen LogP contribution in [0.25, 0.3) is 0 Å². The molecule has 1 fully saturated rings. The number of nitrogens with one attached hydrogen (secondary N) is 1. The van der Waals surface area contributed by atoms with Gasteiger partial charge >= 0.3 is 0 Å². The highest BCUT2D eigenvalue weighted by molar-refractivity contribution is 7.89. The van der Waals surface area contributed by atoms with Crippen LogP contribution in [-0.4, -0.2) is 51.4 Å². The summed E-state index contributed by atoms with van der Waals surface area (Å²) in [5.74, 6) is -0.222. The third-order valence-electron chi connectivity index (χ3n) is 4.52. The Balaban J connectivity index is 1.59. The van der Waals surface area contributed by atoms with Gasteiger partial charge in [-0.05, 0) is 37.3 Å². The van der Waals surface area contributed by atoms with Crippen molar-refractivity contribution in [3.63, 3.8) is 0 Å². The van der Waals surface area contributed by atoms with Gasteiger partial charge in [-0.15, -0.1) is 0 Å². The van der Waals surface area contributed by atoms with E-state index in [1.807, 2.05) is 24.3 Å². The summed E-state index contributed by atoms with van der Waals surface area (Å²) < 4.78 is 27.3. The Kier molecular flexibility index (Phi) is 6.04. The minimum absolute atomic E-state index is 0.149. The first-order chi connectivity index (χ1) is 12.9. The molecule has 0 aromatic heterocycles. The second kappa shape index (κ2) is 8.29. The van der Waals surface area contributed by atoms with Gasteiger partial charge in [-0.25, -0.2) is 8.42 Å². The Bertz CT molecular complexity index is 897. The van der Waals surface area contributed by atoms with E-state index in [1.165, 1.54) is 12.1 Å². The third-order valence-corrected chi connectivity index (χ3v) is 6.31. The maximum atomic E-state index is 12.7. The van der Waals surface area contributed by atoms with Crippen LogP contribution in [0, 0.1) is 0 Å². The number of halogens is 1. The van der Waals surface area contributed by atoms with Crippen LogP contribution >= 0.6 is 11.6 Å². The van der Waals surface area contributed by atoms with Crippen LogP contribution in [-0.2, 0) is 14.8 Å². The molecular formula is C19H22ClN3O3S. The molecule has 1 aliphatic rings. The van der Waals surface area contributed by atoms with Crippen molar-refractivity contribution in [2.24, 2.45) is 0 Å². The number of benzene rings is 2. The van der Waals surface area contributed by atoms with Crippen LogP contribution in [0.2, 0.25) is 5.02 Å². The van der Waals surface area contributed by atoms with Crippen molar-refractivity contribution in [3.8, 4) is 0 Å². The normalized spacial score (nSPS) is 16.2. The number of sulfonamides is 1. The van der Waals surface area contributed by atoms with Crippen molar-refractivity contribution in [1.29, 1.82) is 0 Å². The Morgan fingerprint density at radius 1 is 1.04 bits per heavy atom. The molecule has 0 spiro atoms. The second-order valence-electron chi connectivity index (χ2n) is 6.45. The van der Waals surface area contributed by atoms with E-state index in [2.05, 4.69) is 9.62 Å². The fraction of sp³-hybridized carbons (Fsp3) is 0.316. The summed E-state index contributed by atoms with van der Waals surface area (Å²) in [6, 6.07) is 14.8. The zero-order valence-corrected chi connectivity index (χ0v) is 16.6. The molecule has 1 saturated heterocycles. The molecule has 27 heavy (non-hydrogen) atoms. The summed E-state index contributed by atoms with van der Waals surface area (Å²) in [4.78, 5) is 16.7. The first-order valence-corrected chi connectivity index (χ1v) is 10.6. The number of carbonyl (C=O) groups excluding carboxylic acids is 1. The van der Waals surface area contributed by atoms with Gasteiger partial charge in [-0.2, -0.15) is 4.72 Å². The van der Waals surface area contributed by atoms with Gasteiger partial charge in [0.25, 0.3) is 0 Å². The molecule has 3 rings (SSSR count). The molecular weight excluding hydrogens is 386 g/mol. The average Bonchev–Trinajstić information content (AvgIpc) is 2.68. The summed E-state index contributed by atoms with van der Waals surface area (Å²) in [6.45, 7) is 3.98. The molecule has 0 saturated carbocycles. The number of carbonyl (C=O) groups is 1. The number of piperazine rings is 1. The van der Waals surface area contributed by atoms with E-state index in [1.54, 1.807) is 30.0 Å². The quantitative estimate of drug-likeness (QED) is 0.826. The highest BCUT2D eigenvalue weighted by Crippen LogP contribution is 2.21. The van der Waals surface area contributed by atoms with Gasteiger partial charge in [0.1, 0.15) is 0 Å². The molecule has 0 aliphatic carbocycles. The number of hydrogen-bond donors (Lipinski definition) is 1. The summed E-state index contributed by atoms with van der Waals surface area (Å²) in [6.07, 6.45) is 0. The molecule has 1 unspecified atom stereocenters. The maximum absolute atomic E-state index is 12.7. The number of nitrogens with zero attached hydrogens (tertiary/aromatic N) is 2. The zero-order chi connectivity index (χ0) is 19.4. The monoisotopic (exact) mass is 407 g/mol. The topological polar surface area (TPSA) is 69.7 Å². The van der Waals surface area contributed by atoms with Gasteiger partial charge in [-0.1, -0.05) is 35.9 Å². The lowest BCUT2D eigenvalue weighted by Crippen LogP contribution is -2.54. The van der Waals surface area contributed by atoms with Gasteiger partial charge < -0.3 is 9.80 Å². The molecule has 0 bridgehead atoms. The minimum Gasteiger partial charge on any atom is -0.368 e. The molecule has 1 amide bonds. The fourth-order valence-corrected chi connectivity index (χ4v) is 4.48. The number of anilines is 1. The van der Waals surface area contributed by atoms with E-state index in [4.69, 9.17) is 11.6 Å². The SMILES string of the molecule is CC(NS(=O)(=O)c1ccccc1)C(=O)N1CCN(c2cccc(Cl)c2)CC1. The van der Waals surface area contributed by atoms with Gasteiger partial charge in [-0.3, -0.25) is 4.79 Å². The fourth-order valence-electron chi connectivity index (χ4n) is 3.08. The zero-order valence-electron chi connectivity index (χ0n) is 15.0. The predicted molar refractivity (Wildman–Crippen MR) is 106 cm³/mol. The van der Waals surface area contributed by atoms with Crippen LogP contribution in [0.15, 0.2) is 59.5 Å². The van der Waals surface area contributed by atoms with E-state index in [0.717, 1.165) is 5.69 Å². The van der Waals surface area contributed by atoms with Crippen LogP contribution in [0.5, 0.6) is 0 Å². The predicted octanol–water partition coefficient (Wildman–Crippen LogP) is 2.36. The van der Waals surface area contributed by atoms with Gasteiger partial charge in [0, 0.05) is 36.9 Å². The van der Waals surface area contributed by atoms with E-state index < -0.39 is 16.1 Å². The smallest absolute Gasteiger partial charge is 0.241 e. The Labute approximate surface area is 164 Å². The van der Waals surface area contributed by atoms with Crippen molar-refractivity contribution in [2.45, 2.75) is 17.9 Å². The van der Waals surface area contributed by atoms with Crippen molar-refractivity contribution in [2.75, 3.05) is 31.1 Å². The maximum Gasteiger partial charge on any atom is 0.241 e. The van der Waals surface area contributed by atoms with Gasteiger partial charge in [0.15, 0.2) is 0 Å². The minimum atomic E-state index is -3.72. The van der Waals surface area contributed by atoms with Crippen LogP contribution < -0.4 is 9.62 Å². The molecule has 6 nitrogen and oxygen atoms in total. The lowest BCUT2D eigenvalue weighted by Gasteiger charge is -2.37. The van der Waals surface area contributed by atoms with Crippen molar-refractivity contribution in [3.05, 3.63) is 59.6 Å². The van der Waals surface area contributed by atoms with E-state index >= 15 is 0 Å². The number of hydrogen-bond acceptors (Lipinski definition) is 4. The largest absolute Gasteiger partial charge is 0.368 e. The van der Waals surface area contributed by atoms with Crippen molar-refractivity contribution in [1.82, 2.24) is 9.62 Å². The Morgan fingerprint density at radius 2 is 1.70 bits per heavy atom. The summed E-state index contributed by atoms with van der Waals surface area (Å²) >= 11 is 6.04. The lowest BCUT2D eigenvalue weighted by molar-refractivity contribution is -0.132. The Hall–Kier alpha value is -2.09. The summed E-state index contributed by atoms with van der Waals surface area (Å²) in [7, 11) is -3.72. The van der Waals surface area contributed by atoms with Crippen LogP contribution in [0.1, 0.15) is 6.92 Å². The molecule has 1 N–H and O–H groups in total. The summed E-state index contributed by atoms with van der Waals surface area (Å²) in [5.41, 5.74) is 1.02. The van der Waals surface area contributed by atoms with Crippen molar-refractivity contribution < 1.29 is 13.2 Å². The molecule has 2 aromatic carbocycles. The van der Waals surface area contributed by atoms with E-state index in [0.29, 0.717) is 31.2 Å². The highest BCUT2D eigenvalue weighted by atomic mass is 35.5. The van der Waals surface area contributed by atoms with Crippen LogP contribution in [0.3, 0.4) is 0 Å². The van der Waals surface area contributed by atoms with E-state index in [-0.39, 0.29) is 10.8 Å². The first kappa shape index (κ1) is 19.7. The molecule has 2 aromatic rings. The lowest BCUT2D eigenvalue weighted by atomic mass is 10.2. The first-order valence-electron chi connectivity index (χ1n) is 8.73. The van der Waals surface area contributed by atoms with Crippen molar-refractivity contribution >= 4 is 33.2 Å². The standard InChI is InChI=1S/C19H22ClN3O3S/c1-15(21-27(25,26)18-8-3-2-4-9-18)19(24)23-12-10-22(11-13-23)17-7-5-6-16(20)14-17/h2-9,14-15,21H,10-13H2,1H3. The molecule has 1 aliphatic heterocycles. The molecule has 1 heterocycles. The Morgan fingerprint density at radius 3 is 2.33 bits per heavy atom. The number of rotatable bonds is 5. The van der Waals surface area contributed by atoms with Crippen LogP contribution in [0.4, 0.5) is 5.69 Å². The summed E-state index contributed by atoms with van der Waals surface area (Å²) in [5, 5.41) is 0.676. The third kappa shape index (κ3) is 4.80. The average molecular weight is 408 g/mol. The second-order valence-corrected chi connectivity index (χ2v) is 8.60. The molecule has 144 valence electrons. The molecule has 0 radical (unpaired) electrons. The van der Waals surface area contributed by atoms with E-state index in [9.17, 15) is 13.2 Å². The van der Waals surface area contributed by atoms with Gasteiger partial charge in [0.05, 0.1) is 10.9 Å². The highest BCUT2D eigenvalue weighted by Gasteiger charge is 2.28. The number of amides is 1. The molecule has 1 atom stereocenters.